The number of rotatable bonds is 6. The summed E-state index contributed by atoms with van der Waals surface area (Å²) >= 11 is 12.5. The van der Waals surface area contributed by atoms with Gasteiger partial charge in [0.1, 0.15) is 0 Å². The zero-order valence-corrected chi connectivity index (χ0v) is 22.8. The van der Waals surface area contributed by atoms with Gasteiger partial charge in [-0.1, -0.05) is 23.2 Å². The van der Waals surface area contributed by atoms with Crippen molar-refractivity contribution in [2.75, 3.05) is 26.2 Å². The molecule has 0 bridgehead atoms. The van der Waals surface area contributed by atoms with Crippen LogP contribution in [0.2, 0.25) is 10.0 Å². The molecule has 2 heterocycles. The Labute approximate surface area is 225 Å². The maximum atomic E-state index is 13.8. The first kappa shape index (κ1) is 26.4. The maximum Gasteiger partial charge on any atom is 0.340 e. The number of hydrogen-bond donors (Lipinski definition) is 0. The van der Waals surface area contributed by atoms with Gasteiger partial charge in [0, 0.05) is 38.9 Å². The van der Waals surface area contributed by atoms with Crippen LogP contribution in [0.1, 0.15) is 23.9 Å². The predicted octanol–water partition coefficient (Wildman–Crippen LogP) is 6.30. The normalized spacial score (nSPS) is 14.5. The topological polar surface area (TPSA) is 70.0 Å². The second-order valence-corrected chi connectivity index (χ2v) is 9.35. The number of amides is 1. The molecule has 4 rings (SSSR count). The molecule has 0 unspecified atom stereocenters. The maximum absolute atomic E-state index is 13.8. The Morgan fingerprint density at radius 2 is 1.51 bits per heavy atom. The van der Waals surface area contributed by atoms with Gasteiger partial charge in [-0.15, -0.1) is 0 Å². The molecule has 0 radical (unpaired) electrons. The molecule has 192 valence electrons. The van der Waals surface area contributed by atoms with Gasteiger partial charge >= 0.3 is 5.97 Å². The molecule has 1 aromatic heterocycles. The Hall–Kier alpha value is -3.68. The third-order valence-electron chi connectivity index (χ3n) is 6.29. The lowest BCUT2D eigenvalue weighted by Crippen LogP contribution is -2.24. The number of ether oxygens (including phenoxy) is 3. The number of methoxy groups -OCH3 is 3. The van der Waals surface area contributed by atoms with Crippen molar-refractivity contribution in [1.82, 2.24) is 4.57 Å². The van der Waals surface area contributed by atoms with E-state index in [0.717, 1.165) is 22.6 Å². The van der Waals surface area contributed by atoms with E-state index in [2.05, 4.69) is 0 Å². The summed E-state index contributed by atoms with van der Waals surface area (Å²) in [6, 6.07) is 12.4. The first-order chi connectivity index (χ1) is 17.6. The van der Waals surface area contributed by atoms with Gasteiger partial charge in [0.05, 0.1) is 38.2 Å². The number of nitrogens with zero attached hydrogens (tertiary/aromatic N) is 2. The van der Waals surface area contributed by atoms with E-state index in [0.29, 0.717) is 32.9 Å². The quantitative estimate of drug-likeness (QED) is 0.271. The van der Waals surface area contributed by atoms with Crippen LogP contribution in [-0.2, 0) is 14.3 Å². The SMILES string of the molecule is COC(=O)C1=C(C)N(c2ccc(OC)c(OC)c2)C(=O)/C1=C\c1cc(C)n(-c2cc(Cl)cc(Cl)c2)c1C. The van der Waals surface area contributed by atoms with E-state index < -0.39 is 5.97 Å². The van der Waals surface area contributed by atoms with Crippen LogP contribution in [-0.4, -0.2) is 37.8 Å². The first-order valence-corrected chi connectivity index (χ1v) is 12.1. The fourth-order valence-corrected chi connectivity index (χ4v) is 5.12. The van der Waals surface area contributed by atoms with Crippen molar-refractivity contribution in [2.24, 2.45) is 0 Å². The molecule has 0 spiro atoms. The van der Waals surface area contributed by atoms with Crippen molar-refractivity contribution < 1.29 is 23.8 Å². The molecule has 0 fully saturated rings. The van der Waals surface area contributed by atoms with Crippen LogP contribution in [0.15, 0.2) is 59.3 Å². The number of hydrogen-bond acceptors (Lipinski definition) is 5. The monoisotopic (exact) mass is 540 g/mol. The Morgan fingerprint density at radius 1 is 0.865 bits per heavy atom. The molecule has 0 saturated heterocycles. The summed E-state index contributed by atoms with van der Waals surface area (Å²) < 4.78 is 17.8. The number of carbonyl (C=O) groups is 2. The van der Waals surface area contributed by atoms with Crippen LogP contribution in [0, 0.1) is 13.8 Å². The highest BCUT2D eigenvalue weighted by molar-refractivity contribution is 6.34. The minimum atomic E-state index is -0.601. The number of halogens is 2. The number of allylic oxidation sites excluding steroid dienone is 1. The van der Waals surface area contributed by atoms with Gasteiger partial charge in [0.2, 0.25) is 0 Å². The lowest BCUT2D eigenvalue weighted by atomic mass is 10.0. The average molecular weight is 541 g/mol. The second kappa shape index (κ2) is 10.4. The Balaban J connectivity index is 1.85. The molecular formula is C28H26Cl2N2O5. The lowest BCUT2D eigenvalue weighted by molar-refractivity contribution is -0.136. The lowest BCUT2D eigenvalue weighted by Gasteiger charge is -2.19. The van der Waals surface area contributed by atoms with Crippen molar-refractivity contribution in [1.29, 1.82) is 0 Å². The highest BCUT2D eigenvalue weighted by atomic mass is 35.5. The zero-order valence-electron chi connectivity index (χ0n) is 21.3. The third kappa shape index (κ3) is 4.72. The summed E-state index contributed by atoms with van der Waals surface area (Å²) in [5, 5.41) is 1.02. The number of esters is 1. The molecule has 0 aliphatic carbocycles. The van der Waals surface area contributed by atoms with Gasteiger partial charge < -0.3 is 18.8 Å². The summed E-state index contributed by atoms with van der Waals surface area (Å²) in [5.41, 5.74) is 4.71. The summed E-state index contributed by atoms with van der Waals surface area (Å²) in [5.74, 6) is 0.0228. The van der Waals surface area contributed by atoms with Crippen molar-refractivity contribution in [3.8, 4) is 17.2 Å². The van der Waals surface area contributed by atoms with Crippen LogP contribution >= 0.6 is 23.2 Å². The van der Waals surface area contributed by atoms with E-state index in [1.807, 2.05) is 36.6 Å². The minimum Gasteiger partial charge on any atom is -0.493 e. The molecule has 1 aliphatic rings. The molecule has 3 aromatic rings. The Bertz CT molecular complexity index is 1470. The molecule has 37 heavy (non-hydrogen) atoms. The number of benzene rings is 2. The summed E-state index contributed by atoms with van der Waals surface area (Å²) in [6.07, 6.45) is 1.71. The molecule has 9 heteroatoms. The van der Waals surface area contributed by atoms with Gasteiger partial charge in [-0.3, -0.25) is 9.69 Å². The summed E-state index contributed by atoms with van der Waals surface area (Å²) in [7, 11) is 4.34. The highest BCUT2D eigenvalue weighted by Gasteiger charge is 2.38. The highest BCUT2D eigenvalue weighted by Crippen LogP contribution is 2.39. The molecular weight excluding hydrogens is 515 g/mol. The van der Waals surface area contributed by atoms with Crippen molar-refractivity contribution in [3.63, 3.8) is 0 Å². The average Bonchev–Trinajstić information content (AvgIpc) is 3.28. The van der Waals surface area contributed by atoms with E-state index in [1.165, 1.54) is 26.2 Å². The summed E-state index contributed by atoms with van der Waals surface area (Å²) in [6.45, 7) is 5.58. The number of aromatic nitrogens is 1. The largest absolute Gasteiger partial charge is 0.493 e. The van der Waals surface area contributed by atoms with E-state index in [-0.39, 0.29) is 17.1 Å². The van der Waals surface area contributed by atoms with Crippen molar-refractivity contribution in [2.45, 2.75) is 20.8 Å². The predicted molar refractivity (Wildman–Crippen MR) is 145 cm³/mol. The molecule has 7 nitrogen and oxygen atoms in total. The van der Waals surface area contributed by atoms with E-state index in [1.54, 1.807) is 37.3 Å². The Morgan fingerprint density at radius 3 is 2.11 bits per heavy atom. The van der Waals surface area contributed by atoms with Crippen LogP contribution in [0.3, 0.4) is 0 Å². The zero-order chi connectivity index (χ0) is 27.0. The third-order valence-corrected chi connectivity index (χ3v) is 6.73. The van der Waals surface area contributed by atoms with Gasteiger partial charge in [0.25, 0.3) is 5.91 Å². The number of anilines is 1. The van der Waals surface area contributed by atoms with Gasteiger partial charge in [-0.25, -0.2) is 4.79 Å². The molecule has 2 aromatic carbocycles. The number of aryl methyl sites for hydroxylation is 1. The standard InChI is InChI=1S/C28H26Cl2N2O5/c1-15-9-18(16(2)31(15)22-12-19(29)11-20(30)13-22)10-23-26(28(34)37-6)17(3)32(27(23)33)21-7-8-24(35-4)25(14-21)36-5/h7-14H,1-6H3/b23-10-. The van der Waals surface area contributed by atoms with Crippen LogP contribution < -0.4 is 14.4 Å². The number of carbonyl (C=O) groups excluding carboxylic acids is 2. The van der Waals surface area contributed by atoms with E-state index >= 15 is 0 Å². The molecule has 0 atom stereocenters. The second-order valence-electron chi connectivity index (χ2n) is 8.48. The van der Waals surface area contributed by atoms with Gasteiger partial charge in [-0.05, 0) is 68.8 Å². The molecule has 1 aliphatic heterocycles. The van der Waals surface area contributed by atoms with Crippen LogP contribution in [0.5, 0.6) is 11.5 Å². The van der Waals surface area contributed by atoms with E-state index in [9.17, 15) is 9.59 Å². The fraction of sp³-hybridized carbons (Fsp3) is 0.214. The van der Waals surface area contributed by atoms with Crippen molar-refractivity contribution in [3.05, 3.63) is 86.3 Å². The Kier molecular flexibility index (Phi) is 7.39. The minimum absolute atomic E-state index is 0.192. The first-order valence-electron chi connectivity index (χ1n) is 11.3. The van der Waals surface area contributed by atoms with Crippen LogP contribution in [0.25, 0.3) is 11.8 Å². The molecule has 0 N–H and O–H groups in total. The van der Waals surface area contributed by atoms with Crippen LogP contribution in [0.4, 0.5) is 5.69 Å². The van der Waals surface area contributed by atoms with Gasteiger partial charge in [-0.2, -0.15) is 0 Å². The molecule has 0 saturated carbocycles. The molecule has 1 amide bonds. The van der Waals surface area contributed by atoms with Gasteiger partial charge in [0.15, 0.2) is 11.5 Å². The van der Waals surface area contributed by atoms with E-state index in [4.69, 9.17) is 37.4 Å². The smallest absolute Gasteiger partial charge is 0.340 e. The van der Waals surface area contributed by atoms with Crippen molar-refractivity contribution >= 4 is 46.8 Å². The fourth-order valence-electron chi connectivity index (χ4n) is 4.61. The summed E-state index contributed by atoms with van der Waals surface area (Å²) in [4.78, 5) is 28.1.